The largest absolute Gasteiger partial charge is 0.467 e. The first kappa shape index (κ1) is 17.3. The summed E-state index contributed by atoms with van der Waals surface area (Å²) in [5, 5.41) is 2.52. The maximum Gasteiger partial charge on any atom is 0.407 e. The predicted octanol–water partition coefficient (Wildman–Crippen LogP) is 2.22. The Labute approximate surface area is 136 Å². The van der Waals surface area contributed by atoms with E-state index in [1.165, 1.54) is 26.4 Å². The summed E-state index contributed by atoms with van der Waals surface area (Å²) in [6.07, 6.45) is 9.53. The van der Waals surface area contributed by atoms with Crippen molar-refractivity contribution in [3.05, 3.63) is 18.2 Å². The fraction of sp³-hybridized carbons (Fsp3) is 0.688. The quantitative estimate of drug-likeness (QED) is 0.812. The summed E-state index contributed by atoms with van der Waals surface area (Å²) in [7, 11) is 1.29. The van der Waals surface area contributed by atoms with Gasteiger partial charge in [0.2, 0.25) is 0 Å². The lowest BCUT2D eigenvalue weighted by molar-refractivity contribution is -0.143. The van der Waals surface area contributed by atoms with Crippen LogP contribution in [0.4, 0.5) is 4.79 Å². The number of rotatable bonds is 6. The van der Waals surface area contributed by atoms with Crippen LogP contribution in [-0.2, 0) is 20.7 Å². The second-order valence-electron chi connectivity index (χ2n) is 5.75. The number of nitrogens with one attached hydrogen (secondary N) is 1. The van der Waals surface area contributed by atoms with Crippen molar-refractivity contribution < 1.29 is 19.1 Å². The van der Waals surface area contributed by atoms with Crippen molar-refractivity contribution in [1.82, 2.24) is 14.9 Å². The molecule has 128 valence electrons. The number of ether oxygens (including phenoxy) is 2. The highest BCUT2D eigenvalue weighted by Crippen LogP contribution is 2.28. The Morgan fingerprint density at radius 2 is 2.13 bits per heavy atom. The number of methoxy groups -OCH3 is 1. The molecular formula is C16H25N3O4. The lowest BCUT2D eigenvalue weighted by Gasteiger charge is -2.22. The maximum atomic E-state index is 11.8. The normalized spacial score (nSPS) is 16.6. The topological polar surface area (TPSA) is 82.5 Å². The van der Waals surface area contributed by atoms with Crippen molar-refractivity contribution in [3.63, 3.8) is 0 Å². The molecule has 1 amide bonds. The molecule has 1 unspecified atom stereocenters. The van der Waals surface area contributed by atoms with Gasteiger partial charge in [0.25, 0.3) is 0 Å². The summed E-state index contributed by atoms with van der Waals surface area (Å²) in [6, 6.07) is -0.312. The first-order chi connectivity index (χ1) is 11.1. The zero-order chi connectivity index (χ0) is 16.7. The number of hydrogen-bond donors (Lipinski definition) is 1. The van der Waals surface area contributed by atoms with E-state index >= 15 is 0 Å². The monoisotopic (exact) mass is 323 g/mol. The van der Waals surface area contributed by atoms with Crippen molar-refractivity contribution in [3.8, 4) is 0 Å². The number of alkyl carbamates (subject to hydrolysis) is 1. The SMILES string of the molecule is CCOC(=O)NC(Cc1cn(C2CCCCC2)cn1)C(=O)OC. The smallest absolute Gasteiger partial charge is 0.407 e. The van der Waals surface area contributed by atoms with Crippen LogP contribution in [-0.4, -0.2) is 41.4 Å². The maximum absolute atomic E-state index is 11.8. The van der Waals surface area contributed by atoms with Gasteiger partial charge in [0, 0.05) is 18.7 Å². The number of imidazole rings is 1. The zero-order valence-electron chi connectivity index (χ0n) is 13.8. The minimum Gasteiger partial charge on any atom is -0.467 e. The molecule has 1 fully saturated rings. The first-order valence-corrected chi connectivity index (χ1v) is 8.17. The first-order valence-electron chi connectivity index (χ1n) is 8.17. The minimum absolute atomic E-state index is 0.246. The van der Waals surface area contributed by atoms with Crippen molar-refractivity contribution in [2.45, 2.75) is 57.5 Å². The van der Waals surface area contributed by atoms with E-state index in [0.29, 0.717) is 6.04 Å². The van der Waals surface area contributed by atoms with Gasteiger partial charge in [0.15, 0.2) is 0 Å². The molecule has 0 bridgehead atoms. The summed E-state index contributed by atoms with van der Waals surface area (Å²) in [5.41, 5.74) is 0.753. The van der Waals surface area contributed by atoms with Gasteiger partial charge in [0.05, 0.1) is 25.7 Å². The molecule has 1 N–H and O–H groups in total. The molecule has 1 heterocycles. The van der Waals surface area contributed by atoms with Crippen LogP contribution in [0.3, 0.4) is 0 Å². The van der Waals surface area contributed by atoms with E-state index < -0.39 is 18.1 Å². The van der Waals surface area contributed by atoms with Gasteiger partial charge in [-0.1, -0.05) is 19.3 Å². The highest BCUT2D eigenvalue weighted by molar-refractivity contribution is 5.81. The molecule has 1 aromatic rings. The summed E-state index contributed by atoms with van der Waals surface area (Å²) in [5.74, 6) is -0.509. The third-order valence-corrected chi connectivity index (χ3v) is 4.12. The average Bonchev–Trinajstić information content (AvgIpc) is 3.03. The highest BCUT2D eigenvalue weighted by Gasteiger charge is 2.24. The predicted molar refractivity (Wildman–Crippen MR) is 84.0 cm³/mol. The molecule has 7 nitrogen and oxygen atoms in total. The number of amides is 1. The Hall–Kier alpha value is -2.05. The number of aromatic nitrogens is 2. The molecule has 1 aliphatic carbocycles. The molecule has 0 radical (unpaired) electrons. The van der Waals surface area contributed by atoms with Crippen LogP contribution in [0, 0.1) is 0 Å². The van der Waals surface area contributed by atoms with E-state index in [4.69, 9.17) is 9.47 Å². The summed E-state index contributed by atoms with van der Waals surface area (Å²) in [4.78, 5) is 27.8. The number of nitrogens with zero attached hydrogens (tertiary/aromatic N) is 2. The van der Waals surface area contributed by atoms with Gasteiger partial charge in [-0.25, -0.2) is 14.6 Å². The molecule has 1 atom stereocenters. The van der Waals surface area contributed by atoms with Gasteiger partial charge >= 0.3 is 12.1 Å². The second-order valence-corrected chi connectivity index (χ2v) is 5.75. The van der Waals surface area contributed by atoms with Crippen LogP contribution in [0.25, 0.3) is 0 Å². The zero-order valence-corrected chi connectivity index (χ0v) is 13.8. The van der Waals surface area contributed by atoms with E-state index in [0.717, 1.165) is 18.5 Å². The molecule has 0 aliphatic heterocycles. The standard InChI is InChI=1S/C16H25N3O4/c1-3-23-16(21)18-14(15(20)22-2)9-12-10-19(11-17-12)13-7-5-4-6-8-13/h10-11,13-14H,3-9H2,1-2H3,(H,18,21). The third-order valence-electron chi connectivity index (χ3n) is 4.12. The van der Waals surface area contributed by atoms with Crippen molar-refractivity contribution in [2.75, 3.05) is 13.7 Å². The van der Waals surface area contributed by atoms with E-state index in [9.17, 15) is 9.59 Å². The van der Waals surface area contributed by atoms with Gasteiger partial charge in [-0.3, -0.25) is 0 Å². The van der Waals surface area contributed by atoms with Crippen LogP contribution in [0.5, 0.6) is 0 Å². The molecule has 0 spiro atoms. The van der Waals surface area contributed by atoms with E-state index in [-0.39, 0.29) is 13.0 Å². The fourth-order valence-corrected chi connectivity index (χ4v) is 2.92. The van der Waals surface area contributed by atoms with Gasteiger partial charge in [-0.05, 0) is 19.8 Å². The number of hydrogen-bond acceptors (Lipinski definition) is 5. The lowest BCUT2D eigenvalue weighted by Crippen LogP contribution is -2.43. The lowest BCUT2D eigenvalue weighted by atomic mass is 9.95. The molecule has 0 aromatic carbocycles. The van der Waals surface area contributed by atoms with Crippen LogP contribution in [0.15, 0.2) is 12.5 Å². The van der Waals surface area contributed by atoms with Crippen LogP contribution < -0.4 is 5.32 Å². The molecule has 23 heavy (non-hydrogen) atoms. The van der Waals surface area contributed by atoms with Crippen LogP contribution >= 0.6 is 0 Å². The van der Waals surface area contributed by atoms with Crippen molar-refractivity contribution >= 4 is 12.1 Å². The van der Waals surface area contributed by atoms with Crippen molar-refractivity contribution in [1.29, 1.82) is 0 Å². The Balaban J connectivity index is 1.99. The minimum atomic E-state index is -0.797. The average molecular weight is 323 g/mol. The van der Waals surface area contributed by atoms with Crippen LogP contribution in [0.1, 0.15) is 50.8 Å². The third kappa shape index (κ3) is 4.97. The highest BCUT2D eigenvalue weighted by atomic mass is 16.6. The molecule has 1 aliphatic rings. The summed E-state index contributed by atoms with van der Waals surface area (Å²) in [6.45, 7) is 1.95. The molecule has 0 saturated heterocycles. The Bertz CT molecular complexity index is 523. The fourth-order valence-electron chi connectivity index (χ4n) is 2.92. The van der Waals surface area contributed by atoms with Crippen molar-refractivity contribution in [2.24, 2.45) is 0 Å². The Morgan fingerprint density at radius 3 is 2.78 bits per heavy atom. The summed E-state index contributed by atoms with van der Waals surface area (Å²) >= 11 is 0. The number of esters is 1. The Morgan fingerprint density at radius 1 is 1.39 bits per heavy atom. The number of carbonyl (C=O) groups is 2. The van der Waals surface area contributed by atoms with Gasteiger partial charge in [-0.15, -0.1) is 0 Å². The van der Waals surface area contributed by atoms with Gasteiger partial charge < -0.3 is 19.4 Å². The molecule has 1 saturated carbocycles. The Kier molecular flexibility index (Phi) is 6.43. The summed E-state index contributed by atoms with van der Waals surface area (Å²) < 4.78 is 11.7. The van der Waals surface area contributed by atoms with Crippen LogP contribution in [0.2, 0.25) is 0 Å². The van der Waals surface area contributed by atoms with Gasteiger partial charge in [0.1, 0.15) is 6.04 Å². The van der Waals surface area contributed by atoms with E-state index in [1.807, 2.05) is 12.5 Å². The van der Waals surface area contributed by atoms with Gasteiger partial charge in [-0.2, -0.15) is 0 Å². The molecule has 7 heteroatoms. The molecule has 2 rings (SSSR count). The molecular weight excluding hydrogens is 298 g/mol. The molecule has 1 aromatic heterocycles. The van der Waals surface area contributed by atoms with E-state index in [2.05, 4.69) is 14.9 Å². The van der Waals surface area contributed by atoms with E-state index in [1.54, 1.807) is 6.92 Å². The second kappa shape index (κ2) is 8.55. The number of carbonyl (C=O) groups excluding carboxylic acids is 2.